The Morgan fingerprint density at radius 1 is 1.35 bits per heavy atom. The van der Waals surface area contributed by atoms with Gasteiger partial charge in [0.25, 0.3) is 0 Å². The number of carbonyl (C=O) groups excluding carboxylic acids is 1. The van der Waals surface area contributed by atoms with Crippen LogP contribution in [0.1, 0.15) is 36.4 Å². The van der Waals surface area contributed by atoms with Gasteiger partial charge in [-0.1, -0.05) is 0 Å². The molecule has 0 aliphatic carbocycles. The Morgan fingerprint density at radius 3 is 2.80 bits per heavy atom. The number of nitrogens with zero attached hydrogens (tertiary/aromatic N) is 3. The lowest BCUT2D eigenvalue weighted by Crippen LogP contribution is -2.41. The molecule has 1 aromatic rings. The van der Waals surface area contributed by atoms with Crippen molar-refractivity contribution in [1.82, 2.24) is 14.9 Å². The maximum absolute atomic E-state index is 12.3. The maximum Gasteiger partial charge on any atom is 0.228 e. The van der Waals surface area contributed by atoms with Crippen molar-refractivity contribution in [1.29, 1.82) is 0 Å². The first-order valence-electron chi connectivity index (χ1n) is 7.38. The summed E-state index contributed by atoms with van der Waals surface area (Å²) in [6.45, 7) is 5.06. The second kappa shape index (κ2) is 5.87. The molecular weight excluding hydrogens is 254 g/mol. The average Bonchev–Trinajstić information content (AvgIpc) is 3.01. The molecule has 0 aromatic carbocycles. The fourth-order valence-corrected chi connectivity index (χ4v) is 3.20. The monoisotopic (exact) mass is 275 g/mol. The summed E-state index contributed by atoms with van der Waals surface area (Å²) in [5, 5.41) is 0. The molecule has 5 nitrogen and oxygen atoms in total. The van der Waals surface area contributed by atoms with E-state index in [0.29, 0.717) is 12.5 Å². The van der Waals surface area contributed by atoms with E-state index in [9.17, 15) is 4.79 Å². The molecule has 3 rings (SSSR count). The second-order valence-corrected chi connectivity index (χ2v) is 5.75. The van der Waals surface area contributed by atoms with Gasteiger partial charge in [0, 0.05) is 37.5 Å². The summed E-state index contributed by atoms with van der Waals surface area (Å²) >= 11 is 0. The van der Waals surface area contributed by atoms with Gasteiger partial charge in [-0.05, 0) is 31.7 Å². The third-order valence-electron chi connectivity index (χ3n) is 4.41. The highest BCUT2D eigenvalue weighted by molar-refractivity contribution is 5.79. The molecule has 0 bridgehead atoms. The number of rotatable bonds is 2. The highest BCUT2D eigenvalue weighted by atomic mass is 16.5. The SMILES string of the molecule is Cc1cncnc1C1CCN(C(=O)[C@@H]2CCOC2)CC1. The summed E-state index contributed by atoms with van der Waals surface area (Å²) < 4.78 is 5.31. The smallest absolute Gasteiger partial charge is 0.228 e. The van der Waals surface area contributed by atoms with Crippen LogP contribution >= 0.6 is 0 Å². The van der Waals surface area contributed by atoms with Gasteiger partial charge < -0.3 is 9.64 Å². The minimum atomic E-state index is 0.0901. The molecule has 1 atom stereocenters. The molecule has 2 aliphatic heterocycles. The number of amides is 1. The van der Waals surface area contributed by atoms with E-state index in [1.807, 2.05) is 11.1 Å². The maximum atomic E-state index is 12.3. The van der Waals surface area contributed by atoms with E-state index in [0.717, 1.165) is 50.2 Å². The topological polar surface area (TPSA) is 55.3 Å². The molecule has 2 saturated heterocycles. The minimum Gasteiger partial charge on any atom is -0.381 e. The third kappa shape index (κ3) is 2.68. The van der Waals surface area contributed by atoms with E-state index in [4.69, 9.17) is 4.74 Å². The highest BCUT2D eigenvalue weighted by Crippen LogP contribution is 2.29. The number of hydrogen-bond acceptors (Lipinski definition) is 4. The lowest BCUT2D eigenvalue weighted by Gasteiger charge is -2.33. The molecule has 2 aliphatic rings. The zero-order valence-corrected chi connectivity index (χ0v) is 11.9. The number of hydrogen-bond donors (Lipinski definition) is 0. The van der Waals surface area contributed by atoms with Gasteiger partial charge in [-0.2, -0.15) is 0 Å². The van der Waals surface area contributed by atoms with Crippen LogP contribution in [0, 0.1) is 12.8 Å². The van der Waals surface area contributed by atoms with Crippen molar-refractivity contribution in [2.45, 2.75) is 32.1 Å². The Hall–Kier alpha value is -1.49. The van der Waals surface area contributed by atoms with Crippen LogP contribution in [0.4, 0.5) is 0 Å². The van der Waals surface area contributed by atoms with E-state index < -0.39 is 0 Å². The Kier molecular flexibility index (Phi) is 3.96. The van der Waals surface area contributed by atoms with E-state index in [2.05, 4.69) is 16.9 Å². The number of piperidine rings is 1. The van der Waals surface area contributed by atoms with Crippen LogP contribution in [0.15, 0.2) is 12.5 Å². The summed E-state index contributed by atoms with van der Waals surface area (Å²) in [5.41, 5.74) is 2.30. The normalized spacial score (nSPS) is 24.1. The quantitative estimate of drug-likeness (QED) is 0.821. The molecule has 0 radical (unpaired) electrons. The van der Waals surface area contributed by atoms with Crippen LogP contribution < -0.4 is 0 Å². The van der Waals surface area contributed by atoms with Gasteiger partial charge in [-0.15, -0.1) is 0 Å². The van der Waals surface area contributed by atoms with Crippen molar-refractivity contribution in [2.75, 3.05) is 26.3 Å². The molecule has 5 heteroatoms. The number of aryl methyl sites for hydroxylation is 1. The van der Waals surface area contributed by atoms with Crippen LogP contribution in [0.3, 0.4) is 0 Å². The fraction of sp³-hybridized carbons (Fsp3) is 0.667. The lowest BCUT2D eigenvalue weighted by molar-refractivity contribution is -0.136. The Bertz CT molecular complexity index is 478. The zero-order valence-electron chi connectivity index (χ0n) is 11.9. The van der Waals surface area contributed by atoms with Crippen molar-refractivity contribution >= 4 is 5.91 Å². The summed E-state index contributed by atoms with van der Waals surface area (Å²) in [5.74, 6) is 0.828. The molecule has 2 fully saturated rings. The standard InChI is InChI=1S/C15H21N3O2/c1-11-8-16-10-17-14(11)12-2-5-18(6-3-12)15(19)13-4-7-20-9-13/h8,10,12-13H,2-7,9H2,1H3/t13-/m1/s1. The van der Waals surface area contributed by atoms with Gasteiger partial charge in [0.15, 0.2) is 0 Å². The van der Waals surface area contributed by atoms with Crippen molar-refractivity contribution < 1.29 is 9.53 Å². The average molecular weight is 275 g/mol. The molecule has 1 aromatic heterocycles. The molecule has 108 valence electrons. The molecule has 1 amide bonds. The van der Waals surface area contributed by atoms with Crippen LogP contribution in [0.5, 0.6) is 0 Å². The van der Waals surface area contributed by atoms with Crippen LogP contribution in [-0.2, 0) is 9.53 Å². The van der Waals surface area contributed by atoms with Gasteiger partial charge >= 0.3 is 0 Å². The van der Waals surface area contributed by atoms with E-state index in [1.54, 1.807) is 6.33 Å². The number of likely N-dealkylation sites (tertiary alicyclic amines) is 1. The number of aromatic nitrogens is 2. The minimum absolute atomic E-state index is 0.0901. The first-order valence-corrected chi connectivity index (χ1v) is 7.38. The van der Waals surface area contributed by atoms with E-state index in [-0.39, 0.29) is 11.8 Å². The second-order valence-electron chi connectivity index (χ2n) is 5.75. The van der Waals surface area contributed by atoms with Crippen molar-refractivity contribution in [2.24, 2.45) is 5.92 Å². The van der Waals surface area contributed by atoms with Crippen molar-refractivity contribution in [3.63, 3.8) is 0 Å². The number of carbonyl (C=O) groups is 1. The Labute approximate surface area is 119 Å². The Morgan fingerprint density at radius 2 is 2.15 bits per heavy atom. The predicted octanol–water partition coefficient (Wildman–Crippen LogP) is 1.53. The predicted molar refractivity (Wildman–Crippen MR) is 74.3 cm³/mol. The summed E-state index contributed by atoms with van der Waals surface area (Å²) in [7, 11) is 0. The van der Waals surface area contributed by atoms with Crippen LogP contribution in [0.25, 0.3) is 0 Å². The molecule has 0 N–H and O–H groups in total. The van der Waals surface area contributed by atoms with Gasteiger partial charge in [0.1, 0.15) is 6.33 Å². The first-order chi connectivity index (χ1) is 9.75. The van der Waals surface area contributed by atoms with Gasteiger partial charge in [-0.3, -0.25) is 4.79 Å². The van der Waals surface area contributed by atoms with Crippen molar-refractivity contribution in [3.05, 3.63) is 23.8 Å². The molecule has 3 heterocycles. The summed E-state index contributed by atoms with van der Waals surface area (Å²) in [6, 6.07) is 0. The van der Waals surface area contributed by atoms with Crippen LogP contribution in [0.2, 0.25) is 0 Å². The zero-order chi connectivity index (χ0) is 13.9. The molecule has 0 spiro atoms. The molecule has 20 heavy (non-hydrogen) atoms. The number of ether oxygens (including phenoxy) is 1. The summed E-state index contributed by atoms with van der Waals surface area (Å²) in [6.07, 6.45) is 6.36. The highest BCUT2D eigenvalue weighted by Gasteiger charge is 2.31. The molecular formula is C15H21N3O2. The Balaban J connectivity index is 1.59. The summed E-state index contributed by atoms with van der Waals surface area (Å²) in [4.78, 5) is 22.8. The largest absolute Gasteiger partial charge is 0.381 e. The molecule has 0 saturated carbocycles. The lowest BCUT2D eigenvalue weighted by atomic mass is 9.90. The third-order valence-corrected chi connectivity index (χ3v) is 4.41. The van der Waals surface area contributed by atoms with E-state index in [1.165, 1.54) is 0 Å². The van der Waals surface area contributed by atoms with Crippen LogP contribution in [-0.4, -0.2) is 47.1 Å². The van der Waals surface area contributed by atoms with Crippen molar-refractivity contribution in [3.8, 4) is 0 Å². The first kappa shape index (κ1) is 13.5. The van der Waals surface area contributed by atoms with Gasteiger partial charge in [-0.25, -0.2) is 9.97 Å². The molecule has 0 unspecified atom stereocenters. The van der Waals surface area contributed by atoms with Gasteiger partial charge in [0.2, 0.25) is 5.91 Å². The fourth-order valence-electron chi connectivity index (χ4n) is 3.20. The van der Waals surface area contributed by atoms with E-state index >= 15 is 0 Å². The van der Waals surface area contributed by atoms with Gasteiger partial charge in [0.05, 0.1) is 12.5 Å².